The number of anilines is 1. The van der Waals surface area contributed by atoms with Crippen LogP contribution >= 0.6 is 11.6 Å². The van der Waals surface area contributed by atoms with E-state index in [1.54, 1.807) is 0 Å². The fourth-order valence-corrected chi connectivity index (χ4v) is 2.84. The van der Waals surface area contributed by atoms with Gasteiger partial charge < -0.3 is 4.90 Å². The number of piperazine rings is 1. The Kier molecular flexibility index (Phi) is 5.12. The maximum absolute atomic E-state index is 5.90. The fraction of sp³-hybridized carbons (Fsp3) is 0.625. The average Bonchev–Trinajstić information content (AvgIpc) is 2.43. The number of alkyl halides is 1. The molecular weight excluding hydrogens is 256 g/mol. The summed E-state index contributed by atoms with van der Waals surface area (Å²) < 4.78 is 0. The van der Waals surface area contributed by atoms with E-state index < -0.39 is 0 Å². The molecule has 0 bridgehead atoms. The molecule has 1 aromatic rings. The quantitative estimate of drug-likeness (QED) is 0.781. The van der Waals surface area contributed by atoms with Crippen molar-refractivity contribution >= 4 is 17.3 Å². The first-order valence-corrected chi connectivity index (χ1v) is 7.74. The van der Waals surface area contributed by atoms with E-state index in [9.17, 15) is 0 Å². The topological polar surface area (TPSA) is 6.48 Å². The summed E-state index contributed by atoms with van der Waals surface area (Å²) in [6.07, 6.45) is 0. The Labute approximate surface area is 122 Å². The van der Waals surface area contributed by atoms with Crippen LogP contribution in [0, 0.1) is 19.8 Å². The molecule has 0 aromatic heterocycles. The van der Waals surface area contributed by atoms with Gasteiger partial charge in [-0.15, -0.1) is 11.6 Å². The summed E-state index contributed by atoms with van der Waals surface area (Å²) in [5.41, 5.74) is 4.21. The molecule has 106 valence electrons. The van der Waals surface area contributed by atoms with Crippen LogP contribution in [0.25, 0.3) is 0 Å². The molecule has 3 heteroatoms. The van der Waals surface area contributed by atoms with Gasteiger partial charge in [-0.25, -0.2) is 0 Å². The summed E-state index contributed by atoms with van der Waals surface area (Å²) in [5.74, 6) is 1.35. The van der Waals surface area contributed by atoms with Crippen LogP contribution < -0.4 is 4.90 Å². The summed E-state index contributed by atoms with van der Waals surface area (Å²) in [5, 5.41) is 0. The van der Waals surface area contributed by atoms with Crippen molar-refractivity contribution in [3.05, 3.63) is 29.3 Å². The van der Waals surface area contributed by atoms with E-state index in [0.29, 0.717) is 5.92 Å². The Bertz CT molecular complexity index is 411. The van der Waals surface area contributed by atoms with E-state index in [-0.39, 0.29) is 0 Å². The summed E-state index contributed by atoms with van der Waals surface area (Å²) in [6, 6.07) is 6.61. The number of hydrogen-bond donors (Lipinski definition) is 0. The Morgan fingerprint density at radius 3 is 2.47 bits per heavy atom. The van der Waals surface area contributed by atoms with Gasteiger partial charge in [0.15, 0.2) is 0 Å². The van der Waals surface area contributed by atoms with Crippen molar-refractivity contribution in [2.24, 2.45) is 5.92 Å². The van der Waals surface area contributed by atoms with Crippen LogP contribution in [0.3, 0.4) is 0 Å². The molecule has 19 heavy (non-hydrogen) atoms. The van der Waals surface area contributed by atoms with Crippen molar-refractivity contribution in [3.63, 3.8) is 0 Å². The molecule has 1 saturated heterocycles. The Balaban J connectivity index is 1.94. The smallest absolute Gasteiger partial charge is 0.0399 e. The van der Waals surface area contributed by atoms with E-state index >= 15 is 0 Å². The zero-order valence-electron chi connectivity index (χ0n) is 12.3. The Hall–Kier alpha value is -0.730. The summed E-state index contributed by atoms with van der Waals surface area (Å²) in [4.78, 5) is 5.05. The van der Waals surface area contributed by atoms with Gasteiger partial charge in [0, 0.05) is 44.3 Å². The van der Waals surface area contributed by atoms with Gasteiger partial charge in [0.2, 0.25) is 0 Å². The highest BCUT2D eigenvalue weighted by atomic mass is 35.5. The highest BCUT2D eigenvalue weighted by molar-refractivity contribution is 6.18. The number of nitrogens with zero attached hydrogens (tertiary/aromatic N) is 2. The third-order valence-corrected chi connectivity index (χ3v) is 4.65. The molecule has 1 atom stereocenters. The van der Waals surface area contributed by atoms with Crippen molar-refractivity contribution in [1.82, 2.24) is 4.90 Å². The molecule has 0 saturated carbocycles. The van der Waals surface area contributed by atoms with Gasteiger partial charge in [0.25, 0.3) is 0 Å². The third kappa shape index (κ3) is 3.64. The maximum atomic E-state index is 5.90. The molecule has 0 radical (unpaired) electrons. The Morgan fingerprint density at radius 1 is 1.16 bits per heavy atom. The van der Waals surface area contributed by atoms with Crippen LogP contribution in [-0.2, 0) is 0 Å². The molecule has 0 N–H and O–H groups in total. The standard InChI is InChI=1S/C16H25ClN2/c1-13(11-17)12-18-7-9-19(10-8-18)16-6-4-5-14(2)15(16)3/h4-6,13H,7-12H2,1-3H3. The number of aryl methyl sites for hydroxylation is 1. The van der Waals surface area contributed by atoms with Gasteiger partial charge >= 0.3 is 0 Å². The molecule has 2 rings (SSSR count). The number of halogens is 1. The monoisotopic (exact) mass is 280 g/mol. The van der Waals surface area contributed by atoms with Gasteiger partial charge in [-0.2, -0.15) is 0 Å². The first-order valence-electron chi connectivity index (χ1n) is 7.21. The fourth-order valence-electron chi connectivity index (χ4n) is 2.74. The highest BCUT2D eigenvalue weighted by Gasteiger charge is 2.19. The lowest BCUT2D eigenvalue weighted by molar-refractivity contribution is 0.232. The zero-order chi connectivity index (χ0) is 13.8. The van der Waals surface area contributed by atoms with Crippen molar-refractivity contribution < 1.29 is 0 Å². The van der Waals surface area contributed by atoms with Crippen LogP contribution in [-0.4, -0.2) is 43.5 Å². The summed E-state index contributed by atoms with van der Waals surface area (Å²) in [7, 11) is 0. The van der Waals surface area contributed by atoms with E-state index in [1.165, 1.54) is 16.8 Å². The molecule has 1 aliphatic heterocycles. The molecule has 0 aliphatic carbocycles. The van der Waals surface area contributed by atoms with Crippen LogP contribution in [0.1, 0.15) is 18.1 Å². The molecule has 1 aliphatic rings. The van der Waals surface area contributed by atoms with Crippen molar-refractivity contribution in [3.8, 4) is 0 Å². The second-order valence-corrected chi connectivity index (χ2v) is 6.07. The predicted octanol–water partition coefficient (Wildman–Crippen LogP) is 3.30. The van der Waals surface area contributed by atoms with Gasteiger partial charge in [-0.1, -0.05) is 19.1 Å². The van der Waals surface area contributed by atoms with Crippen molar-refractivity contribution in [2.75, 3.05) is 43.5 Å². The second-order valence-electron chi connectivity index (χ2n) is 5.77. The minimum Gasteiger partial charge on any atom is -0.369 e. The minimum atomic E-state index is 0.592. The molecule has 2 nitrogen and oxygen atoms in total. The second kappa shape index (κ2) is 6.62. The largest absolute Gasteiger partial charge is 0.369 e. The zero-order valence-corrected chi connectivity index (χ0v) is 13.1. The lowest BCUT2D eigenvalue weighted by Gasteiger charge is -2.37. The summed E-state index contributed by atoms with van der Waals surface area (Å²) in [6.45, 7) is 12.3. The average molecular weight is 281 g/mol. The van der Waals surface area contributed by atoms with Crippen molar-refractivity contribution in [1.29, 1.82) is 0 Å². The SMILES string of the molecule is Cc1cccc(N2CCN(CC(C)CCl)CC2)c1C. The van der Waals surface area contributed by atoms with E-state index in [2.05, 4.69) is 48.8 Å². The lowest BCUT2D eigenvalue weighted by atomic mass is 10.1. The third-order valence-electron chi connectivity index (χ3n) is 4.12. The van der Waals surface area contributed by atoms with E-state index in [1.807, 2.05) is 0 Å². The van der Waals surface area contributed by atoms with Crippen LogP contribution in [0.15, 0.2) is 18.2 Å². The molecule has 0 amide bonds. The van der Waals surface area contributed by atoms with E-state index in [4.69, 9.17) is 11.6 Å². The van der Waals surface area contributed by atoms with E-state index in [0.717, 1.165) is 38.6 Å². The lowest BCUT2D eigenvalue weighted by Crippen LogP contribution is -2.48. The molecule has 1 unspecified atom stereocenters. The first-order chi connectivity index (χ1) is 9.11. The summed E-state index contributed by atoms with van der Waals surface area (Å²) >= 11 is 5.90. The maximum Gasteiger partial charge on any atom is 0.0399 e. The van der Waals surface area contributed by atoms with Gasteiger partial charge in [0.05, 0.1) is 0 Å². The normalized spacial score (nSPS) is 18.6. The number of hydrogen-bond acceptors (Lipinski definition) is 2. The molecule has 0 spiro atoms. The van der Waals surface area contributed by atoms with Crippen molar-refractivity contribution in [2.45, 2.75) is 20.8 Å². The van der Waals surface area contributed by atoms with Crippen LogP contribution in [0.5, 0.6) is 0 Å². The molecule has 1 fully saturated rings. The van der Waals surface area contributed by atoms with Gasteiger partial charge in [-0.3, -0.25) is 4.90 Å². The number of rotatable bonds is 4. The Morgan fingerprint density at radius 2 is 1.84 bits per heavy atom. The molecular formula is C16H25ClN2. The molecule has 1 heterocycles. The van der Waals surface area contributed by atoms with Gasteiger partial charge in [-0.05, 0) is 37.0 Å². The molecule has 1 aromatic carbocycles. The van der Waals surface area contributed by atoms with Gasteiger partial charge in [0.1, 0.15) is 0 Å². The predicted molar refractivity (Wildman–Crippen MR) is 84.5 cm³/mol. The number of benzene rings is 1. The minimum absolute atomic E-state index is 0.592. The van der Waals surface area contributed by atoms with Crippen LogP contribution in [0.4, 0.5) is 5.69 Å². The highest BCUT2D eigenvalue weighted by Crippen LogP contribution is 2.24. The van der Waals surface area contributed by atoms with Crippen LogP contribution in [0.2, 0.25) is 0 Å². The first kappa shape index (κ1) is 14.7.